The van der Waals surface area contributed by atoms with E-state index in [9.17, 15) is 23.1 Å². The highest BCUT2D eigenvalue weighted by Gasteiger charge is 2.71. The van der Waals surface area contributed by atoms with Crippen LogP contribution in [0.1, 0.15) is 256 Å². The third kappa shape index (κ3) is 20.3. The number of fused-ring (bicyclic) bond motifs is 10. The molecule has 0 aliphatic carbocycles. The van der Waals surface area contributed by atoms with Crippen molar-refractivity contribution in [3.05, 3.63) is 78.4 Å². The SMILES string of the molecule is C=C1C[C@@H]2CC[C@@]34CC5OC6[C@@H](O3)C3O[C@H](CC[C@@H]3O[C@H]6[C@H]5O4)CC(=O)C[C@H]3C(C[C@H]4O[C@@H](CCC1O2)C[C@@H](C)C4=C)O[C@H](C[C@H](C)CO[Si](C)(C)C(C)(C)C)[C@@H]3C.C=C1C[C@H](OS(=O)(=O)c2ccc(C)cc2)CC[C@@]23CC4OC5[C@@H](O2)C2O[C@H](CC[C@@H]2O[C@H]5[C@H]4O3)CC(=O)C[C@H]2C(C[C@H]3O[C@@H](CC[C@@H]1O)C[C@@H](C)C3=C)O[C@H](C[C@H](C)CO[Si](C)(C)C(C)(C)C)[C@@H]2C. The van der Waals surface area contributed by atoms with Crippen LogP contribution < -0.4 is 0 Å². The molecule has 1 aromatic carbocycles. The van der Waals surface area contributed by atoms with Crippen LogP contribution in [0.5, 0.6) is 0 Å². The van der Waals surface area contributed by atoms with Gasteiger partial charge in [0, 0.05) is 77.4 Å². The van der Waals surface area contributed by atoms with Crippen molar-refractivity contribution in [2.45, 2.75) is 481 Å². The Kier molecular flexibility index (Phi) is 28.4. The first-order chi connectivity index (χ1) is 59.9. The maximum absolute atomic E-state index is 14.5. The molecular weight excluding hydrogens is 1670 g/mol. The molecule has 0 amide bonds. The second-order valence-corrected chi connectivity index (χ2v) is 57.2. The molecule has 1 aromatic rings. The number of hydrogen-bond donors (Lipinski definition) is 1. The van der Waals surface area contributed by atoms with E-state index in [1.165, 1.54) is 5.57 Å². The number of ether oxygens (including phenoxy) is 15. The van der Waals surface area contributed by atoms with Gasteiger partial charge in [0.05, 0.1) is 115 Å². The number of aryl methyl sites for hydroxylation is 1. The van der Waals surface area contributed by atoms with Gasteiger partial charge in [0.25, 0.3) is 10.1 Å². The normalized spacial score (nSPS) is 45.5. The molecule has 0 aromatic heterocycles. The Morgan fingerprint density at radius 3 is 1.34 bits per heavy atom. The van der Waals surface area contributed by atoms with Crippen molar-refractivity contribution in [3.8, 4) is 0 Å². The molecule has 38 atom stereocenters. The average molecular weight is 1830 g/mol. The van der Waals surface area contributed by atoms with Crippen LogP contribution in [0.15, 0.2) is 77.8 Å². The molecular formula is C101H156O23SSi2. The number of carbonyl (C=O) groups is 2. The molecule has 9 unspecified atom stereocenters. The van der Waals surface area contributed by atoms with Crippen molar-refractivity contribution in [1.82, 2.24) is 0 Å². The molecule has 19 saturated heterocycles. The maximum atomic E-state index is 14.5. The smallest absolute Gasteiger partial charge is 0.297 e. The van der Waals surface area contributed by atoms with Crippen LogP contribution >= 0.6 is 0 Å². The first kappa shape index (κ1) is 95.9. The van der Waals surface area contributed by atoms with Gasteiger partial charge < -0.3 is 85.0 Å². The Hall–Kier alpha value is -2.86. The summed E-state index contributed by atoms with van der Waals surface area (Å²) in [5, 5.41) is 12.0. The van der Waals surface area contributed by atoms with E-state index in [4.69, 9.17) is 84.1 Å². The second kappa shape index (κ2) is 37.6. The number of ketones is 2. The van der Waals surface area contributed by atoms with Crippen LogP contribution in [0.2, 0.25) is 36.3 Å². The molecule has 127 heavy (non-hydrogen) atoms. The molecule has 2 spiro atoms. The number of aliphatic hydroxyl groups excluding tert-OH is 1. The fraction of sp³-hybridized carbons (Fsp3) is 0.842. The molecule has 26 heteroatoms. The van der Waals surface area contributed by atoms with Gasteiger partial charge in [0.1, 0.15) is 72.6 Å². The predicted octanol–water partition coefficient (Wildman–Crippen LogP) is 17.5. The van der Waals surface area contributed by atoms with Crippen LogP contribution in [0.25, 0.3) is 0 Å². The Morgan fingerprint density at radius 1 is 0.449 bits per heavy atom. The Labute approximate surface area is 760 Å². The summed E-state index contributed by atoms with van der Waals surface area (Å²) in [4.78, 5) is 28.8. The minimum Gasteiger partial charge on any atom is -0.417 e. The first-order valence-corrected chi connectivity index (χ1v) is 56.8. The molecule has 23 nitrogen and oxygen atoms in total. The summed E-state index contributed by atoms with van der Waals surface area (Å²) in [5.74, 6) is 0.0813. The van der Waals surface area contributed by atoms with Gasteiger partial charge in [-0.05, 0) is 228 Å². The van der Waals surface area contributed by atoms with Crippen LogP contribution in [0.4, 0.5) is 0 Å². The molecule has 712 valence electrons. The van der Waals surface area contributed by atoms with Gasteiger partial charge >= 0.3 is 0 Å². The zero-order chi connectivity index (χ0) is 90.3. The predicted molar refractivity (Wildman–Crippen MR) is 484 cm³/mol. The first-order valence-electron chi connectivity index (χ1n) is 49.6. The van der Waals surface area contributed by atoms with Crippen LogP contribution in [-0.2, 0) is 104 Å². The van der Waals surface area contributed by atoms with Crippen molar-refractivity contribution >= 4 is 38.3 Å². The second-order valence-electron chi connectivity index (χ2n) is 46.0. The standard InChI is InChI=1S/C54H82O13SSi.C47H74O10Si/c1-30-12-16-40(17-13-30)68(57,58)67-39-20-21-54-28-47-49(65-54)50-51(64-47)52(66-54)48-43(63-50)19-15-38(61-48)25-36(55)26-41-35(6)44(22-31(2)29-59-69(10,11)53(7,8)9)62-46(41)27-45-34(5)32(3)23-37(60-45)14-18-42(56)33(4)24-39;1-25(24-49-58(9,10)46(6,7)8)17-37-29(5)34-21-30(48)20-32-12-14-36-41(52-32)45-44-43(54-36)42-40(55-44)23-47(56-42,57-45)16-15-33-19-27(3)35(50-33)13-11-31-18-26(2)28(4)38(51-31)22-39(34)53-37/h12-13,16-17,31-32,35,37-39,41-52,56H,4-5,14-15,18-29H2,1-3,6-11H3;25-26,29,31-45H,3-4,11-24H2,1-2,5-10H3/t31-,32+,35+,37-,38+,39+,41+,42-,43-,44+,45+,46?,47?,48?,49-,50-,51?,52-,54-;25-,26+,29+,31-,32+,33-,34+,35?,36-,37+,38+,39?,40?,41?,42-,43-,44?,45-,47-/m00/s1. The van der Waals surface area contributed by atoms with E-state index in [1.54, 1.807) is 24.3 Å². The fourth-order valence-corrected chi connectivity index (χ4v) is 27.8. The lowest BCUT2D eigenvalue weighted by Gasteiger charge is -2.47. The molecule has 20 rings (SSSR count). The van der Waals surface area contributed by atoms with Gasteiger partial charge in [-0.1, -0.05) is 127 Å². The molecule has 19 heterocycles. The molecule has 19 aliphatic rings. The lowest BCUT2D eigenvalue weighted by atomic mass is 9.78. The van der Waals surface area contributed by atoms with Gasteiger partial charge in [-0.2, -0.15) is 8.42 Å². The van der Waals surface area contributed by atoms with Gasteiger partial charge in [-0.15, -0.1) is 0 Å². The monoisotopic (exact) mass is 1830 g/mol. The van der Waals surface area contributed by atoms with E-state index in [1.807, 2.05) is 6.92 Å². The highest BCUT2D eigenvalue weighted by Crippen LogP contribution is 2.58. The average Bonchev–Trinajstić information content (AvgIpc) is 1.55. The topological polar surface area (TPSA) is 255 Å². The van der Waals surface area contributed by atoms with E-state index in [0.717, 1.165) is 107 Å². The number of rotatable bonds is 13. The Bertz CT molecular complexity index is 4220. The van der Waals surface area contributed by atoms with E-state index in [2.05, 4.69) is 136 Å². The number of carbonyl (C=O) groups excluding carboxylic acids is 2. The molecule has 1 N–H and O–H groups in total. The van der Waals surface area contributed by atoms with Gasteiger partial charge in [0.15, 0.2) is 28.2 Å². The molecule has 22 bridgehead atoms. The molecule has 19 aliphatic heterocycles. The number of benzene rings is 1. The molecule has 19 fully saturated rings. The third-order valence-electron chi connectivity index (χ3n) is 34.4. The Morgan fingerprint density at radius 2 is 0.866 bits per heavy atom. The summed E-state index contributed by atoms with van der Waals surface area (Å²) in [7, 11) is -8.01. The van der Waals surface area contributed by atoms with Crippen molar-refractivity contribution < 1.29 is 107 Å². The number of Topliss-reactive ketones (excluding diaryl/α,β-unsaturated/α-hetero) is 2. The largest absolute Gasteiger partial charge is 0.417 e. The van der Waals surface area contributed by atoms with Crippen molar-refractivity contribution in [3.63, 3.8) is 0 Å². The summed E-state index contributed by atoms with van der Waals surface area (Å²) < 4.78 is 150. The number of aliphatic hydroxyl groups is 1. The van der Waals surface area contributed by atoms with Crippen LogP contribution in [0, 0.1) is 54.3 Å². The minimum absolute atomic E-state index is 0.0185. The summed E-state index contributed by atoms with van der Waals surface area (Å²) >= 11 is 0. The van der Waals surface area contributed by atoms with Crippen LogP contribution in [-0.4, -0.2) is 237 Å². The lowest BCUT2D eigenvalue weighted by molar-refractivity contribution is -0.292. The van der Waals surface area contributed by atoms with Crippen molar-refractivity contribution in [1.29, 1.82) is 0 Å². The van der Waals surface area contributed by atoms with E-state index >= 15 is 0 Å². The highest BCUT2D eigenvalue weighted by atomic mass is 32.2. The quantitative estimate of drug-likeness (QED) is 0.109. The van der Waals surface area contributed by atoms with Crippen molar-refractivity contribution in [2.75, 3.05) is 13.2 Å². The zero-order valence-corrected chi connectivity index (χ0v) is 82.4. The Balaban J connectivity index is 0.000000181. The van der Waals surface area contributed by atoms with E-state index in [0.29, 0.717) is 88.2 Å². The number of hydrogen-bond acceptors (Lipinski definition) is 23. The van der Waals surface area contributed by atoms with Gasteiger partial charge in [-0.25, -0.2) is 0 Å². The fourth-order valence-electron chi connectivity index (χ4n) is 24.4. The van der Waals surface area contributed by atoms with Crippen molar-refractivity contribution in [2.24, 2.45) is 47.3 Å². The van der Waals surface area contributed by atoms with E-state index in [-0.39, 0.29) is 222 Å². The summed E-state index contributed by atoms with van der Waals surface area (Å²) in [6.07, 6.45) is 9.46. The minimum atomic E-state index is -4.19. The maximum Gasteiger partial charge on any atom is 0.297 e. The molecule has 0 radical (unpaired) electrons. The third-order valence-corrected chi connectivity index (χ3v) is 44.8. The summed E-state index contributed by atoms with van der Waals surface area (Å²) in [6.45, 7) is 57.7. The van der Waals surface area contributed by atoms with Gasteiger partial charge in [-0.3, -0.25) is 13.8 Å². The van der Waals surface area contributed by atoms with Crippen LogP contribution in [0.3, 0.4) is 0 Å². The lowest BCUT2D eigenvalue weighted by Crippen LogP contribution is -2.61. The highest BCUT2D eigenvalue weighted by molar-refractivity contribution is 7.86. The van der Waals surface area contributed by atoms with E-state index < -0.39 is 68.8 Å². The zero-order valence-electron chi connectivity index (χ0n) is 79.6. The van der Waals surface area contributed by atoms with Gasteiger partial charge in [0.2, 0.25) is 0 Å². The summed E-state index contributed by atoms with van der Waals surface area (Å²) in [6, 6.07) is 6.59. The summed E-state index contributed by atoms with van der Waals surface area (Å²) in [5.41, 5.74) is 4.77. The molecule has 0 saturated carbocycles.